The van der Waals surface area contributed by atoms with Gasteiger partial charge in [0.05, 0.1) is 12.7 Å². The van der Waals surface area contributed by atoms with E-state index in [0.717, 1.165) is 31.8 Å². The predicted octanol–water partition coefficient (Wildman–Crippen LogP) is 2.05. The van der Waals surface area contributed by atoms with Crippen LogP contribution in [0.2, 0.25) is 5.02 Å². The number of amides is 1. The number of hydrogen-bond acceptors (Lipinski definition) is 3. The van der Waals surface area contributed by atoms with Crippen molar-refractivity contribution in [3.63, 3.8) is 0 Å². The standard InChI is InChI=1S/C16H21ClN2O2/c1-11-13(4-3-5-14(11)17)16(20)19-9-12-8-18(2)6-7-21-15(12)10-19/h3-5,12,15H,6-10H2,1-2H3/t12-,15+/m0/s1. The van der Waals surface area contributed by atoms with Gasteiger partial charge in [-0.15, -0.1) is 0 Å². The highest BCUT2D eigenvalue weighted by molar-refractivity contribution is 6.31. The molecule has 2 heterocycles. The quantitative estimate of drug-likeness (QED) is 0.796. The van der Waals surface area contributed by atoms with Crippen LogP contribution in [-0.4, -0.2) is 61.6 Å². The number of carbonyl (C=O) groups excluding carboxylic acids is 1. The van der Waals surface area contributed by atoms with E-state index in [0.29, 0.717) is 23.0 Å². The lowest BCUT2D eigenvalue weighted by molar-refractivity contribution is 0.0487. The largest absolute Gasteiger partial charge is 0.375 e. The molecule has 1 amide bonds. The summed E-state index contributed by atoms with van der Waals surface area (Å²) in [5.74, 6) is 0.468. The zero-order valence-corrected chi connectivity index (χ0v) is 13.3. The van der Waals surface area contributed by atoms with Crippen LogP contribution in [0.1, 0.15) is 15.9 Å². The summed E-state index contributed by atoms with van der Waals surface area (Å²) < 4.78 is 5.91. The van der Waals surface area contributed by atoms with Crippen LogP contribution in [0.5, 0.6) is 0 Å². The number of hydrogen-bond donors (Lipinski definition) is 0. The maximum absolute atomic E-state index is 12.7. The smallest absolute Gasteiger partial charge is 0.254 e. The second-order valence-corrected chi connectivity index (χ2v) is 6.46. The van der Waals surface area contributed by atoms with E-state index in [1.54, 1.807) is 0 Å². The molecule has 0 aromatic heterocycles. The van der Waals surface area contributed by atoms with Crippen LogP contribution in [0.15, 0.2) is 18.2 Å². The van der Waals surface area contributed by atoms with Crippen molar-refractivity contribution in [3.8, 4) is 0 Å². The first-order valence-electron chi connectivity index (χ1n) is 7.41. The summed E-state index contributed by atoms with van der Waals surface area (Å²) in [5, 5.41) is 0.644. The highest BCUT2D eigenvalue weighted by Crippen LogP contribution is 2.26. The van der Waals surface area contributed by atoms with E-state index in [1.165, 1.54) is 0 Å². The SMILES string of the molecule is Cc1c(Cl)cccc1C(=O)N1C[C@@H]2CN(C)CCO[C@@H]2C1. The number of carbonyl (C=O) groups is 1. The maximum atomic E-state index is 12.7. The van der Waals surface area contributed by atoms with E-state index >= 15 is 0 Å². The summed E-state index contributed by atoms with van der Waals surface area (Å²) in [6.45, 7) is 6.05. The number of nitrogens with zero attached hydrogens (tertiary/aromatic N) is 2. The fourth-order valence-corrected chi connectivity index (χ4v) is 3.41. The van der Waals surface area contributed by atoms with Gasteiger partial charge in [0, 0.05) is 42.7 Å². The Hall–Kier alpha value is -1.10. The van der Waals surface area contributed by atoms with Crippen LogP contribution in [0.25, 0.3) is 0 Å². The van der Waals surface area contributed by atoms with Crippen LogP contribution in [-0.2, 0) is 4.74 Å². The number of likely N-dealkylation sites (tertiary alicyclic amines) is 1. The van der Waals surface area contributed by atoms with Crippen LogP contribution in [0.3, 0.4) is 0 Å². The van der Waals surface area contributed by atoms with E-state index in [-0.39, 0.29) is 12.0 Å². The minimum absolute atomic E-state index is 0.0642. The number of halogens is 1. The Morgan fingerprint density at radius 3 is 2.95 bits per heavy atom. The Bertz CT molecular complexity index is 549. The zero-order chi connectivity index (χ0) is 15.0. The van der Waals surface area contributed by atoms with Crippen LogP contribution >= 0.6 is 11.6 Å². The average molecular weight is 309 g/mol. The second kappa shape index (κ2) is 5.95. The minimum Gasteiger partial charge on any atom is -0.375 e. The van der Waals surface area contributed by atoms with E-state index in [1.807, 2.05) is 30.0 Å². The van der Waals surface area contributed by atoms with E-state index < -0.39 is 0 Å². The van der Waals surface area contributed by atoms with Gasteiger partial charge in [-0.05, 0) is 31.7 Å². The normalized spacial score (nSPS) is 26.5. The van der Waals surface area contributed by atoms with Gasteiger partial charge >= 0.3 is 0 Å². The van der Waals surface area contributed by atoms with Gasteiger partial charge in [-0.25, -0.2) is 0 Å². The van der Waals surface area contributed by atoms with Crippen molar-refractivity contribution in [1.82, 2.24) is 9.80 Å². The van der Waals surface area contributed by atoms with Crippen LogP contribution in [0, 0.1) is 12.8 Å². The number of benzene rings is 1. The van der Waals surface area contributed by atoms with Crippen molar-refractivity contribution in [2.45, 2.75) is 13.0 Å². The molecule has 4 nitrogen and oxygen atoms in total. The van der Waals surface area contributed by atoms with E-state index in [2.05, 4.69) is 11.9 Å². The molecule has 5 heteroatoms. The lowest BCUT2D eigenvalue weighted by atomic mass is 10.1. The van der Waals surface area contributed by atoms with Gasteiger partial charge in [0.2, 0.25) is 0 Å². The third-order valence-corrected chi connectivity index (χ3v) is 4.93. The summed E-state index contributed by atoms with van der Waals surface area (Å²) in [6.07, 6.45) is 0.165. The van der Waals surface area contributed by atoms with Crippen molar-refractivity contribution in [1.29, 1.82) is 0 Å². The van der Waals surface area contributed by atoms with Crippen molar-refractivity contribution >= 4 is 17.5 Å². The molecule has 2 fully saturated rings. The van der Waals surface area contributed by atoms with Gasteiger partial charge in [-0.3, -0.25) is 4.79 Å². The first kappa shape index (κ1) is 14.8. The molecule has 0 N–H and O–H groups in total. The van der Waals surface area contributed by atoms with Crippen molar-refractivity contribution in [2.75, 3.05) is 39.8 Å². The molecule has 2 atom stereocenters. The molecule has 1 aromatic carbocycles. The highest BCUT2D eigenvalue weighted by atomic mass is 35.5. The molecule has 0 bridgehead atoms. The molecular formula is C16H21ClN2O2. The molecule has 114 valence electrons. The summed E-state index contributed by atoms with van der Waals surface area (Å²) in [4.78, 5) is 16.9. The Kier molecular flexibility index (Phi) is 4.20. The van der Waals surface area contributed by atoms with Crippen LogP contribution in [0.4, 0.5) is 0 Å². The second-order valence-electron chi connectivity index (χ2n) is 6.05. The maximum Gasteiger partial charge on any atom is 0.254 e. The number of ether oxygens (including phenoxy) is 1. The molecule has 2 saturated heterocycles. The third kappa shape index (κ3) is 2.93. The summed E-state index contributed by atoms with van der Waals surface area (Å²) in [5.41, 5.74) is 1.56. The van der Waals surface area contributed by atoms with Crippen molar-refractivity contribution < 1.29 is 9.53 Å². The van der Waals surface area contributed by atoms with Gasteiger partial charge in [0.15, 0.2) is 0 Å². The Labute approximate surface area is 130 Å². The molecule has 0 radical (unpaired) electrons. The summed E-state index contributed by atoms with van der Waals surface area (Å²) >= 11 is 6.13. The van der Waals surface area contributed by atoms with Crippen molar-refractivity contribution in [3.05, 3.63) is 34.3 Å². The zero-order valence-electron chi connectivity index (χ0n) is 12.5. The molecule has 0 unspecified atom stereocenters. The first-order valence-corrected chi connectivity index (χ1v) is 7.78. The molecule has 0 spiro atoms. The fraction of sp³-hybridized carbons (Fsp3) is 0.562. The minimum atomic E-state index is 0.0642. The lowest BCUT2D eigenvalue weighted by Crippen LogP contribution is -2.32. The van der Waals surface area contributed by atoms with Crippen molar-refractivity contribution in [2.24, 2.45) is 5.92 Å². The molecule has 3 rings (SSSR count). The van der Waals surface area contributed by atoms with Gasteiger partial charge < -0.3 is 14.5 Å². The Balaban J connectivity index is 1.76. The molecule has 21 heavy (non-hydrogen) atoms. The monoisotopic (exact) mass is 308 g/mol. The molecule has 2 aliphatic heterocycles. The van der Waals surface area contributed by atoms with Gasteiger partial charge in [0.25, 0.3) is 5.91 Å². The van der Waals surface area contributed by atoms with Gasteiger partial charge in [0.1, 0.15) is 0 Å². The summed E-state index contributed by atoms with van der Waals surface area (Å²) in [7, 11) is 2.11. The third-order valence-electron chi connectivity index (χ3n) is 4.52. The Morgan fingerprint density at radius 2 is 2.14 bits per heavy atom. The average Bonchev–Trinajstić information content (AvgIpc) is 2.76. The molecular weight excluding hydrogens is 288 g/mol. The number of likely N-dealkylation sites (N-methyl/N-ethyl adjacent to an activating group) is 1. The lowest BCUT2D eigenvalue weighted by Gasteiger charge is -2.20. The number of rotatable bonds is 1. The summed E-state index contributed by atoms with van der Waals surface area (Å²) in [6, 6.07) is 5.51. The van der Waals surface area contributed by atoms with Crippen LogP contribution < -0.4 is 0 Å². The molecule has 0 saturated carbocycles. The fourth-order valence-electron chi connectivity index (χ4n) is 3.23. The van der Waals surface area contributed by atoms with E-state index in [9.17, 15) is 4.79 Å². The topological polar surface area (TPSA) is 32.8 Å². The number of fused-ring (bicyclic) bond motifs is 1. The van der Waals surface area contributed by atoms with E-state index in [4.69, 9.17) is 16.3 Å². The van der Waals surface area contributed by atoms with Gasteiger partial charge in [-0.2, -0.15) is 0 Å². The first-order chi connectivity index (χ1) is 10.1. The predicted molar refractivity (Wildman–Crippen MR) is 82.8 cm³/mol. The Morgan fingerprint density at radius 1 is 1.33 bits per heavy atom. The van der Waals surface area contributed by atoms with Gasteiger partial charge in [-0.1, -0.05) is 17.7 Å². The molecule has 1 aromatic rings. The highest BCUT2D eigenvalue weighted by Gasteiger charge is 2.38. The molecule has 0 aliphatic carbocycles. The molecule has 2 aliphatic rings.